The molecule has 2 heterocycles. The number of hydrogen-bond donors (Lipinski definition) is 0. The van der Waals surface area contributed by atoms with E-state index in [2.05, 4.69) is 228 Å². The van der Waals surface area contributed by atoms with Gasteiger partial charge in [0.25, 0.3) is 0 Å². The van der Waals surface area contributed by atoms with Crippen molar-refractivity contribution < 1.29 is 4.42 Å². The van der Waals surface area contributed by atoms with Crippen molar-refractivity contribution in [3.05, 3.63) is 218 Å². The van der Waals surface area contributed by atoms with Crippen LogP contribution in [-0.4, -0.2) is 4.57 Å². The minimum atomic E-state index is 0.859. The average molecular weight is 753 g/mol. The Hall–Kier alpha value is -7.88. The molecule has 0 saturated carbocycles. The van der Waals surface area contributed by atoms with Crippen molar-refractivity contribution in [2.75, 3.05) is 4.90 Å². The number of furan rings is 1. The quantitative estimate of drug-likeness (QED) is 0.158. The number of anilines is 3. The third kappa shape index (κ3) is 5.29. The van der Waals surface area contributed by atoms with E-state index in [9.17, 15) is 0 Å². The summed E-state index contributed by atoms with van der Waals surface area (Å²) in [7, 11) is 0. The van der Waals surface area contributed by atoms with E-state index in [1.165, 1.54) is 54.5 Å². The Morgan fingerprint density at radius 2 is 0.966 bits per heavy atom. The molecule has 0 bridgehead atoms. The first-order chi connectivity index (χ1) is 29.3. The molecule has 0 amide bonds. The minimum absolute atomic E-state index is 0.859. The SMILES string of the molecule is c1ccc(-c2ccc(N(c3cc4ccccc4c4ccccc34)c3ccc(-c4cccc(-n5c6ccccc6c6ccccc65)c4)c4oc5ccccc5c34)cc2)cc1. The van der Waals surface area contributed by atoms with Crippen LogP contribution in [0.3, 0.4) is 0 Å². The van der Waals surface area contributed by atoms with Crippen LogP contribution >= 0.6 is 0 Å². The van der Waals surface area contributed by atoms with E-state index in [0.717, 1.165) is 55.8 Å². The maximum atomic E-state index is 6.97. The van der Waals surface area contributed by atoms with Gasteiger partial charge in [-0.05, 0) is 93.5 Å². The fourth-order valence-electron chi connectivity index (χ4n) is 9.30. The Labute approximate surface area is 341 Å². The van der Waals surface area contributed by atoms with E-state index in [1.54, 1.807) is 0 Å². The Bertz CT molecular complexity index is 3500. The molecule has 59 heavy (non-hydrogen) atoms. The second-order valence-corrected chi connectivity index (χ2v) is 15.3. The van der Waals surface area contributed by atoms with Gasteiger partial charge in [0.1, 0.15) is 11.2 Å². The van der Waals surface area contributed by atoms with Gasteiger partial charge in [0.2, 0.25) is 0 Å². The smallest absolute Gasteiger partial charge is 0.145 e. The van der Waals surface area contributed by atoms with E-state index in [1.807, 2.05) is 0 Å². The summed E-state index contributed by atoms with van der Waals surface area (Å²) in [6.07, 6.45) is 0. The number of benzene rings is 10. The lowest BCUT2D eigenvalue weighted by atomic mass is 9.96. The fourth-order valence-corrected chi connectivity index (χ4v) is 9.30. The van der Waals surface area contributed by atoms with Crippen LogP contribution in [0.1, 0.15) is 0 Å². The highest BCUT2D eigenvalue weighted by molar-refractivity contribution is 6.20. The van der Waals surface area contributed by atoms with Crippen LogP contribution in [0, 0.1) is 0 Å². The summed E-state index contributed by atoms with van der Waals surface area (Å²) in [5.74, 6) is 0. The highest BCUT2D eigenvalue weighted by Gasteiger charge is 2.24. The molecule has 0 spiro atoms. The highest BCUT2D eigenvalue weighted by Crippen LogP contribution is 2.49. The molecule has 0 saturated heterocycles. The van der Waals surface area contributed by atoms with Gasteiger partial charge in [0.05, 0.1) is 27.8 Å². The molecular weight excluding hydrogens is 717 g/mol. The Morgan fingerprint density at radius 1 is 0.373 bits per heavy atom. The van der Waals surface area contributed by atoms with Crippen LogP contribution < -0.4 is 4.90 Å². The van der Waals surface area contributed by atoms with Crippen LogP contribution in [0.15, 0.2) is 223 Å². The van der Waals surface area contributed by atoms with Gasteiger partial charge in [-0.3, -0.25) is 0 Å². The first-order valence-corrected chi connectivity index (χ1v) is 20.2. The van der Waals surface area contributed by atoms with Crippen molar-refractivity contribution >= 4 is 82.4 Å². The van der Waals surface area contributed by atoms with Gasteiger partial charge in [-0.15, -0.1) is 0 Å². The molecule has 3 nitrogen and oxygen atoms in total. The van der Waals surface area contributed by atoms with Crippen LogP contribution in [0.4, 0.5) is 17.1 Å². The van der Waals surface area contributed by atoms with Crippen LogP contribution in [0.5, 0.6) is 0 Å². The molecule has 0 aliphatic carbocycles. The number of hydrogen-bond acceptors (Lipinski definition) is 2. The molecule has 0 unspecified atom stereocenters. The summed E-state index contributed by atoms with van der Waals surface area (Å²) < 4.78 is 9.35. The molecule has 276 valence electrons. The van der Waals surface area contributed by atoms with Gasteiger partial charge in [0.15, 0.2) is 0 Å². The van der Waals surface area contributed by atoms with Gasteiger partial charge in [0, 0.05) is 38.5 Å². The lowest BCUT2D eigenvalue weighted by Gasteiger charge is -2.29. The second-order valence-electron chi connectivity index (χ2n) is 15.3. The number of aromatic nitrogens is 1. The molecule has 0 aliphatic rings. The zero-order chi connectivity index (χ0) is 38.9. The molecule has 10 aromatic carbocycles. The van der Waals surface area contributed by atoms with Crippen LogP contribution in [0.25, 0.3) is 93.2 Å². The van der Waals surface area contributed by atoms with E-state index in [0.29, 0.717) is 0 Å². The van der Waals surface area contributed by atoms with Gasteiger partial charge >= 0.3 is 0 Å². The van der Waals surface area contributed by atoms with E-state index >= 15 is 0 Å². The van der Waals surface area contributed by atoms with Crippen molar-refractivity contribution in [2.45, 2.75) is 0 Å². The van der Waals surface area contributed by atoms with Gasteiger partial charge in [-0.1, -0.05) is 158 Å². The fraction of sp³-hybridized carbons (Fsp3) is 0. The summed E-state index contributed by atoms with van der Waals surface area (Å²) in [5.41, 5.74) is 12.9. The summed E-state index contributed by atoms with van der Waals surface area (Å²) in [6, 6.07) is 78.6. The van der Waals surface area contributed by atoms with E-state index in [4.69, 9.17) is 4.42 Å². The number of para-hydroxylation sites is 3. The van der Waals surface area contributed by atoms with Crippen molar-refractivity contribution in [3.63, 3.8) is 0 Å². The summed E-state index contributed by atoms with van der Waals surface area (Å²) in [4.78, 5) is 2.44. The molecule has 3 heteroatoms. The van der Waals surface area contributed by atoms with Crippen molar-refractivity contribution in [3.8, 4) is 27.9 Å². The zero-order valence-electron chi connectivity index (χ0n) is 32.1. The second kappa shape index (κ2) is 13.4. The Morgan fingerprint density at radius 3 is 1.73 bits per heavy atom. The normalized spacial score (nSPS) is 11.7. The monoisotopic (exact) mass is 752 g/mol. The van der Waals surface area contributed by atoms with Crippen molar-refractivity contribution in [1.82, 2.24) is 4.57 Å². The van der Waals surface area contributed by atoms with Crippen LogP contribution in [-0.2, 0) is 0 Å². The number of nitrogens with zero attached hydrogens (tertiary/aromatic N) is 2. The van der Waals surface area contributed by atoms with E-state index < -0.39 is 0 Å². The molecule has 0 atom stereocenters. The van der Waals surface area contributed by atoms with Gasteiger partial charge in [-0.25, -0.2) is 0 Å². The molecule has 0 N–H and O–H groups in total. The lowest BCUT2D eigenvalue weighted by molar-refractivity contribution is 0.670. The molecular formula is C56H36N2O. The predicted octanol–water partition coefficient (Wildman–Crippen LogP) is 15.8. The number of fused-ring (bicyclic) bond motifs is 9. The first-order valence-electron chi connectivity index (χ1n) is 20.2. The third-order valence-corrected chi connectivity index (χ3v) is 12.0. The first kappa shape index (κ1) is 33.3. The van der Waals surface area contributed by atoms with Crippen molar-refractivity contribution in [1.29, 1.82) is 0 Å². The Balaban J connectivity index is 1.11. The van der Waals surface area contributed by atoms with Gasteiger partial charge < -0.3 is 13.9 Å². The molecule has 12 aromatic rings. The maximum Gasteiger partial charge on any atom is 0.145 e. The minimum Gasteiger partial charge on any atom is -0.455 e. The van der Waals surface area contributed by atoms with E-state index in [-0.39, 0.29) is 0 Å². The molecule has 0 radical (unpaired) electrons. The standard InChI is InChI=1S/C56H36N2O/c1-2-15-37(16-3-1)38-29-31-41(32-30-38)57(53-36-40-17-4-5-20-43(40)45-21-6-7-22-46(45)53)52-34-33-44(56-55(52)49-25-10-13-28-54(49)59-56)39-18-14-19-42(35-39)58-50-26-11-8-23-47(50)48-24-9-12-27-51(48)58/h1-36H. The summed E-state index contributed by atoms with van der Waals surface area (Å²) in [6.45, 7) is 0. The summed E-state index contributed by atoms with van der Waals surface area (Å²) in [5, 5.41) is 9.48. The largest absolute Gasteiger partial charge is 0.455 e. The predicted molar refractivity (Wildman–Crippen MR) is 249 cm³/mol. The average Bonchev–Trinajstić information content (AvgIpc) is 3.87. The molecule has 2 aromatic heterocycles. The molecule has 12 rings (SSSR count). The van der Waals surface area contributed by atoms with Crippen LogP contribution in [0.2, 0.25) is 0 Å². The van der Waals surface area contributed by atoms with Crippen molar-refractivity contribution in [2.24, 2.45) is 0 Å². The topological polar surface area (TPSA) is 21.3 Å². The zero-order valence-corrected chi connectivity index (χ0v) is 32.1. The Kier molecular flexibility index (Phi) is 7.54. The summed E-state index contributed by atoms with van der Waals surface area (Å²) >= 11 is 0. The number of rotatable bonds is 6. The lowest BCUT2D eigenvalue weighted by Crippen LogP contribution is -2.11. The highest BCUT2D eigenvalue weighted by atomic mass is 16.3. The molecule has 0 fully saturated rings. The maximum absolute atomic E-state index is 6.97. The van der Waals surface area contributed by atoms with Gasteiger partial charge in [-0.2, -0.15) is 0 Å². The molecule has 0 aliphatic heterocycles. The third-order valence-electron chi connectivity index (χ3n) is 12.0.